The minimum Gasteiger partial charge on any atom is -0.476 e. The molecule has 0 saturated heterocycles. The summed E-state index contributed by atoms with van der Waals surface area (Å²) in [7, 11) is 0. The topological polar surface area (TPSA) is 55.1 Å². The molecule has 0 saturated carbocycles. The number of alkyl halides is 1. The van der Waals surface area contributed by atoms with Crippen LogP contribution in [0.15, 0.2) is 12.5 Å². The SMILES string of the molecule is O=C(O)c1cn(CF)cn1. The number of halogens is 1. The summed E-state index contributed by atoms with van der Waals surface area (Å²) in [5, 5.41) is 8.30. The number of carboxylic acids is 1. The highest BCUT2D eigenvalue weighted by Crippen LogP contribution is 1.95. The van der Waals surface area contributed by atoms with E-state index in [1.807, 2.05) is 0 Å². The molecule has 0 aromatic carbocycles. The van der Waals surface area contributed by atoms with Crippen molar-refractivity contribution >= 4 is 5.97 Å². The summed E-state index contributed by atoms with van der Waals surface area (Å²) < 4.78 is 12.8. The van der Waals surface area contributed by atoms with Crippen LogP contribution in [0.4, 0.5) is 4.39 Å². The largest absolute Gasteiger partial charge is 0.476 e. The third-order valence-electron chi connectivity index (χ3n) is 0.990. The van der Waals surface area contributed by atoms with E-state index in [2.05, 4.69) is 4.98 Å². The van der Waals surface area contributed by atoms with Crippen molar-refractivity contribution < 1.29 is 14.3 Å². The first-order valence-corrected chi connectivity index (χ1v) is 2.55. The molecule has 0 unspecified atom stereocenters. The summed E-state index contributed by atoms with van der Waals surface area (Å²) in [6.45, 7) is -0.750. The van der Waals surface area contributed by atoms with Crippen molar-refractivity contribution in [1.82, 2.24) is 9.55 Å². The van der Waals surface area contributed by atoms with Gasteiger partial charge < -0.3 is 9.67 Å². The Bertz CT molecular complexity index is 246. The Balaban J connectivity index is 2.88. The molecular formula is C5H5FN2O2. The predicted octanol–water partition coefficient (Wildman–Crippen LogP) is 0.508. The lowest BCUT2D eigenvalue weighted by molar-refractivity contribution is 0.0691. The molecule has 0 spiro atoms. The van der Waals surface area contributed by atoms with Crippen LogP contribution in [0.2, 0.25) is 0 Å². The fourth-order valence-electron chi connectivity index (χ4n) is 0.536. The van der Waals surface area contributed by atoms with Gasteiger partial charge in [0.2, 0.25) is 0 Å². The van der Waals surface area contributed by atoms with Crippen LogP contribution in [0.25, 0.3) is 0 Å². The van der Waals surface area contributed by atoms with Gasteiger partial charge in [0.15, 0.2) is 12.5 Å². The number of hydrogen-bond acceptors (Lipinski definition) is 2. The predicted molar refractivity (Wildman–Crippen MR) is 30.3 cm³/mol. The van der Waals surface area contributed by atoms with Gasteiger partial charge in [-0.05, 0) is 0 Å². The van der Waals surface area contributed by atoms with E-state index in [0.29, 0.717) is 0 Å². The van der Waals surface area contributed by atoms with E-state index in [1.54, 1.807) is 0 Å². The van der Waals surface area contributed by atoms with Gasteiger partial charge in [0.05, 0.1) is 6.33 Å². The van der Waals surface area contributed by atoms with Gasteiger partial charge >= 0.3 is 5.97 Å². The van der Waals surface area contributed by atoms with Crippen LogP contribution < -0.4 is 0 Å². The van der Waals surface area contributed by atoms with Crippen LogP contribution in [0, 0.1) is 0 Å². The van der Waals surface area contributed by atoms with Crippen LogP contribution in [-0.2, 0) is 6.80 Å². The third-order valence-corrected chi connectivity index (χ3v) is 0.990. The Kier molecular flexibility index (Phi) is 1.66. The van der Waals surface area contributed by atoms with E-state index < -0.39 is 12.8 Å². The number of aromatic nitrogens is 2. The number of carboxylic acid groups (broad SMARTS) is 1. The van der Waals surface area contributed by atoms with E-state index >= 15 is 0 Å². The highest BCUT2D eigenvalue weighted by atomic mass is 19.1. The lowest BCUT2D eigenvalue weighted by atomic mass is 10.5. The van der Waals surface area contributed by atoms with Gasteiger partial charge in [-0.25, -0.2) is 14.2 Å². The average molecular weight is 144 g/mol. The van der Waals surface area contributed by atoms with Crippen LogP contribution >= 0.6 is 0 Å². The Morgan fingerprint density at radius 2 is 2.60 bits per heavy atom. The number of nitrogens with zero attached hydrogens (tertiary/aromatic N) is 2. The standard InChI is InChI=1S/C5H5FN2O2/c6-2-8-1-4(5(9)10)7-3-8/h1,3H,2H2,(H,9,10). The number of imidazole rings is 1. The van der Waals surface area contributed by atoms with Crippen LogP contribution in [0.3, 0.4) is 0 Å². The van der Waals surface area contributed by atoms with E-state index in [0.717, 1.165) is 17.1 Å². The van der Waals surface area contributed by atoms with Crippen molar-refractivity contribution in [3.05, 3.63) is 18.2 Å². The quantitative estimate of drug-likeness (QED) is 0.657. The minimum atomic E-state index is -1.15. The lowest BCUT2D eigenvalue weighted by Gasteiger charge is -1.86. The monoisotopic (exact) mass is 144 g/mol. The highest BCUT2D eigenvalue weighted by Gasteiger charge is 2.04. The maximum Gasteiger partial charge on any atom is 0.356 e. The molecule has 5 heteroatoms. The number of hydrogen-bond donors (Lipinski definition) is 1. The minimum absolute atomic E-state index is 0.141. The zero-order valence-electron chi connectivity index (χ0n) is 4.99. The zero-order valence-corrected chi connectivity index (χ0v) is 4.99. The molecule has 1 aromatic heterocycles. The van der Waals surface area contributed by atoms with E-state index in [1.165, 1.54) is 0 Å². The smallest absolute Gasteiger partial charge is 0.356 e. The summed E-state index contributed by atoms with van der Waals surface area (Å²) in [5.41, 5.74) is -0.141. The van der Waals surface area contributed by atoms with Crippen molar-refractivity contribution in [2.24, 2.45) is 0 Å². The summed E-state index contributed by atoms with van der Waals surface area (Å²) in [6.07, 6.45) is 2.26. The van der Waals surface area contributed by atoms with E-state index in [9.17, 15) is 9.18 Å². The van der Waals surface area contributed by atoms with Gasteiger partial charge in [-0.1, -0.05) is 0 Å². The number of carbonyl (C=O) groups is 1. The summed E-state index contributed by atoms with van der Waals surface area (Å²) in [4.78, 5) is 13.5. The molecule has 1 aromatic rings. The second-order valence-corrected chi connectivity index (χ2v) is 1.70. The molecule has 0 bridgehead atoms. The first-order valence-electron chi connectivity index (χ1n) is 2.55. The van der Waals surface area contributed by atoms with Crippen molar-refractivity contribution in [2.75, 3.05) is 0 Å². The van der Waals surface area contributed by atoms with Crippen molar-refractivity contribution in [3.63, 3.8) is 0 Å². The second-order valence-electron chi connectivity index (χ2n) is 1.70. The molecule has 10 heavy (non-hydrogen) atoms. The lowest BCUT2D eigenvalue weighted by Crippen LogP contribution is -1.95. The molecule has 1 rings (SSSR count). The first kappa shape index (κ1) is 6.73. The van der Waals surface area contributed by atoms with Gasteiger partial charge in [-0.2, -0.15) is 0 Å². The molecule has 0 radical (unpaired) electrons. The fourth-order valence-corrected chi connectivity index (χ4v) is 0.536. The van der Waals surface area contributed by atoms with Crippen molar-refractivity contribution in [2.45, 2.75) is 6.80 Å². The second kappa shape index (κ2) is 2.47. The van der Waals surface area contributed by atoms with Gasteiger partial charge in [-0.3, -0.25) is 0 Å². The first-order chi connectivity index (χ1) is 4.74. The van der Waals surface area contributed by atoms with Crippen molar-refractivity contribution in [1.29, 1.82) is 0 Å². The van der Waals surface area contributed by atoms with Crippen LogP contribution in [0.5, 0.6) is 0 Å². The molecule has 0 aliphatic heterocycles. The Labute approximate surface area is 55.9 Å². The molecule has 1 heterocycles. The Hall–Kier alpha value is -1.39. The maximum atomic E-state index is 11.7. The molecule has 0 aliphatic rings. The summed E-state index contributed by atoms with van der Waals surface area (Å²) in [6, 6.07) is 0. The summed E-state index contributed by atoms with van der Waals surface area (Å²) >= 11 is 0. The third kappa shape index (κ3) is 1.12. The van der Waals surface area contributed by atoms with E-state index in [4.69, 9.17) is 5.11 Å². The summed E-state index contributed by atoms with van der Waals surface area (Å²) in [5.74, 6) is -1.15. The molecule has 0 fully saturated rings. The molecule has 4 nitrogen and oxygen atoms in total. The molecule has 0 atom stereocenters. The average Bonchev–Trinajstić information content (AvgIpc) is 2.34. The highest BCUT2D eigenvalue weighted by molar-refractivity contribution is 5.84. The zero-order chi connectivity index (χ0) is 7.56. The van der Waals surface area contributed by atoms with Crippen LogP contribution in [0.1, 0.15) is 10.5 Å². The molecule has 54 valence electrons. The maximum absolute atomic E-state index is 11.7. The molecule has 0 amide bonds. The van der Waals surface area contributed by atoms with Gasteiger partial charge in [0.25, 0.3) is 0 Å². The van der Waals surface area contributed by atoms with Gasteiger partial charge in [0, 0.05) is 6.20 Å². The van der Waals surface area contributed by atoms with Gasteiger partial charge in [-0.15, -0.1) is 0 Å². The molecule has 1 N–H and O–H groups in total. The number of aromatic carboxylic acids is 1. The molecular weight excluding hydrogens is 139 g/mol. The fraction of sp³-hybridized carbons (Fsp3) is 0.200. The van der Waals surface area contributed by atoms with Crippen molar-refractivity contribution in [3.8, 4) is 0 Å². The van der Waals surface area contributed by atoms with Crippen LogP contribution in [-0.4, -0.2) is 20.6 Å². The number of rotatable bonds is 2. The normalized spacial score (nSPS) is 9.70. The van der Waals surface area contributed by atoms with E-state index in [-0.39, 0.29) is 5.69 Å². The van der Waals surface area contributed by atoms with Gasteiger partial charge in [0.1, 0.15) is 0 Å². The molecule has 0 aliphatic carbocycles. The Morgan fingerprint density at radius 1 is 1.90 bits per heavy atom. The Morgan fingerprint density at radius 3 is 2.90 bits per heavy atom.